The van der Waals surface area contributed by atoms with Gasteiger partial charge in [-0.1, -0.05) is 58.3 Å². The molecule has 0 unspecified atom stereocenters. The van der Waals surface area contributed by atoms with E-state index in [9.17, 15) is 9.59 Å². The van der Waals surface area contributed by atoms with Crippen molar-refractivity contribution in [3.63, 3.8) is 0 Å². The van der Waals surface area contributed by atoms with Crippen molar-refractivity contribution in [2.75, 3.05) is 225 Å². The lowest BCUT2D eigenvalue weighted by Crippen LogP contribution is -2.41. The molecule has 0 N–H and O–H groups in total. The van der Waals surface area contributed by atoms with Gasteiger partial charge in [0.15, 0.2) is 0 Å². The molecule has 0 aliphatic carbocycles. The fraction of sp³-hybridized carbons (Fsp3) is 0.960. The standard InChI is InChI=1S/C50H97NO19/c1-3-4-5-6-7-8-9-10-11-14-49(52)51-15-12-13-48(51)50(53)70-47-46-69-45-44-68-43-42-67-41-40-66-39-38-65-37-36-64-35-34-63-33-32-62-31-30-61-29-28-60-27-26-59-25-24-58-23-22-57-21-20-56-19-18-55-17-16-54-2/h48H,3-47H2,1-2H3/t48-/m0/s1. The van der Waals surface area contributed by atoms with Crippen LogP contribution in [0.2, 0.25) is 0 Å². The van der Waals surface area contributed by atoms with Crippen LogP contribution in [0.1, 0.15) is 84.0 Å². The summed E-state index contributed by atoms with van der Waals surface area (Å²) in [6.07, 6.45) is 12.9. The first kappa shape index (κ1) is 66.3. The second-order valence-electron chi connectivity index (χ2n) is 16.2. The predicted octanol–water partition coefficient (Wildman–Crippen LogP) is 4.34. The van der Waals surface area contributed by atoms with Crippen LogP contribution in [0.5, 0.6) is 0 Å². The molecular formula is C50H97NO19. The van der Waals surface area contributed by atoms with Crippen molar-refractivity contribution in [2.45, 2.75) is 90.0 Å². The van der Waals surface area contributed by atoms with Crippen LogP contribution in [0.15, 0.2) is 0 Å². The molecule has 70 heavy (non-hydrogen) atoms. The number of rotatable bonds is 59. The Kier molecular flexibility index (Phi) is 53.6. The summed E-state index contributed by atoms with van der Waals surface area (Å²) in [6.45, 7) is 18.1. The summed E-state index contributed by atoms with van der Waals surface area (Å²) >= 11 is 0. The number of nitrogens with zero attached hydrogens (tertiary/aromatic N) is 1. The number of esters is 1. The van der Waals surface area contributed by atoms with Gasteiger partial charge in [0.2, 0.25) is 5.91 Å². The Hall–Kier alpha value is -1.70. The molecule has 1 aliphatic heterocycles. The van der Waals surface area contributed by atoms with Crippen molar-refractivity contribution in [1.82, 2.24) is 4.90 Å². The molecular weight excluding hydrogens is 919 g/mol. The number of hydrogen-bond acceptors (Lipinski definition) is 19. The molecule has 0 aromatic carbocycles. The van der Waals surface area contributed by atoms with Gasteiger partial charge in [-0.2, -0.15) is 0 Å². The average molecular weight is 1020 g/mol. The fourth-order valence-corrected chi connectivity index (χ4v) is 6.66. The molecule has 0 radical (unpaired) electrons. The molecule has 1 atom stereocenters. The van der Waals surface area contributed by atoms with E-state index in [1.807, 2.05) is 0 Å². The maximum absolute atomic E-state index is 12.8. The van der Waals surface area contributed by atoms with Crippen molar-refractivity contribution in [3.05, 3.63) is 0 Å². The average Bonchev–Trinajstić information content (AvgIpc) is 3.87. The fourth-order valence-electron chi connectivity index (χ4n) is 6.66. The summed E-state index contributed by atoms with van der Waals surface area (Å²) in [5, 5.41) is 0. The van der Waals surface area contributed by atoms with Crippen molar-refractivity contribution in [1.29, 1.82) is 0 Å². The van der Waals surface area contributed by atoms with E-state index < -0.39 is 6.04 Å². The number of carbonyl (C=O) groups is 2. The van der Waals surface area contributed by atoms with E-state index in [2.05, 4.69) is 6.92 Å². The van der Waals surface area contributed by atoms with Gasteiger partial charge in [-0.3, -0.25) is 4.79 Å². The molecule has 1 saturated heterocycles. The van der Waals surface area contributed by atoms with E-state index in [0.717, 1.165) is 19.3 Å². The number of ether oxygens (including phenoxy) is 17. The smallest absolute Gasteiger partial charge is 0.328 e. The van der Waals surface area contributed by atoms with Crippen LogP contribution in [0.25, 0.3) is 0 Å². The van der Waals surface area contributed by atoms with Crippen molar-refractivity contribution in [2.24, 2.45) is 0 Å². The number of amides is 1. The van der Waals surface area contributed by atoms with Crippen LogP contribution in [0.4, 0.5) is 0 Å². The molecule has 416 valence electrons. The normalized spacial score (nSPS) is 13.8. The first-order valence-corrected chi connectivity index (χ1v) is 26.3. The van der Waals surface area contributed by atoms with Crippen LogP contribution >= 0.6 is 0 Å². The van der Waals surface area contributed by atoms with Crippen LogP contribution in [0.3, 0.4) is 0 Å². The molecule has 20 nitrogen and oxygen atoms in total. The van der Waals surface area contributed by atoms with E-state index in [4.69, 9.17) is 80.5 Å². The van der Waals surface area contributed by atoms with Gasteiger partial charge in [0.25, 0.3) is 0 Å². The van der Waals surface area contributed by atoms with Gasteiger partial charge in [-0.25, -0.2) is 4.79 Å². The van der Waals surface area contributed by atoms with Crippen molar-refractivity contribution < 1.29 is 90.1 Å². The molecule has 20 heteroatoms. The summed E-state index contributed by atoms with van der Waals surface area (Å²) in [7, 11) is 1.64. The third kappa shape index (κ3) is 47.3. The zero-order chi connectivity index (χ0) is 50.2. The lowest BCUT2D eigenvalue weighted by Gasteiger charge is -2.23. The topological polar surface area (TPSA) is 194 Å². The van der Waals surface area contributed by atoms with Crippen LogP contribution in [-0.4, -0.2) is 248 Å². The molecule has 1 amide bonds. The van der Waals surface area contributed by atoms with Gasteiger partial charge in [0.1, 0.15) is 12.6 Å². The molecule has 1 rings (SSSR count). The van der Waals surface area contributed by atoms with Gasteiger partial charge < -0.3 is 85.4 Å². The van der Waals surface area contributed by atoms with Gasteiger partial charge in [0, 0.05) is 20.1 Å². The van der Waals surface area contributed by atoms with Crippen LogP contribution in [0, 0.1) is 0 Å². The zero-order valence-corrected chi connectivity index (χ0v) is 43.6. The van der Waals surface area contributed by atoms with E-state index in [-0.39, 0.29) is 25.1 Å². The summed E-state index contributed by atoms with van der Waals surface area (Å²) < 4.78 is 92.7. The monoisotopic (exact) mass is 1020 g/mol. The molecule has 1 aliphatic rings. The number of hydrogen-bond donors (Lipinski definition) is 0. The Morgan fingerprint density at radius 2 is 0.614 bits per heavy atom. The molecule has 1 fully saturated rings. The summed E-state index contributed by atoms with van der Waals surface area (Å²) in [5.74, 6) is -0.266. The van der Waals surface area contributed by atoms with E-state index >= 15 is 0 Å². The van der Waals surface area contributed by atoms with Crippen molar-refractivity contribution in [3.8, 4) is 0 Å². The van der Waals surface area contributed by atoms with Crippen LogP contribution < -0.4 is 0 Å². The Morgan fingerprint density at radius 1 is 0.357 bits per heavy atom. The van der Waals surface area contributed by atoms with Gasteiger partial charge >= 0.3 is 5.97 Å². The van der Waals surface area contributed by atoms with Gasteiger partial charge in [-0.05, 0) is 19.3 Å². The molecule has 0 aromatic rings. The van der Waals surface area contributed by atoms with Gasteiger partial charge in [0.05, 0.1) is 205 Å². The summed E-state index contributed by atoms with van der Waals surface area (Å²) in [5.41, 5.74) is 0. The predicted molar refractivity (Wildman–Crippen MR) is 262 cm³/mol. The largest absolute Gasteiger partial charge is 0.462 e. The molecule has 0 aromatic heterocycles. The highest BCUT2D eigenvalue weighted by atomic mass is 16.6. The minimum atomic E-state index is -0.470. The summed E-state index contributed by atoms with van der Waals surface area (Å²) in [6, 6.07) is -0.470. The van der Waals surface area contributed by atoms with E-state index in [1.165, 1.54) is 44.9 Å². The Labute approximate surface area is 421 Å². The lowest BCUT2D eigenvalue weighted by molar-refractivity contribution is -0.154. The number of likely N-dealkylation sites (tertiary alicyclic amines) is 1. The molecule has 0 saturated carbocycles. The highest BCUT2D eigenvalue weighted by molar-refractivity contribution is 5.85. The zero-order valence-electron chi connectivity index (χ0n) is 43.6. The Morgan fingerprint density at radius 3 is 0.900 bits per heavy atom. The number of methoxy groups -OCH3 is 1. The minimum Gasteiger partial charge on any atom is -0.462 e. The molecule has 0 spiro atoms. The third-order valence-electron chi connectivity index (χ3n) is 10.5. The van der Waals surface area contributed by atoms with E-state index in [1.54, 1.807) is 12.0 Å². The number of carbonyl (C=O) groups excluding carboxylic acids is 2. The highest BCUT2D eigenvalue weighted by Crippen LogP contribution is 2.21. The third-order valence-corrected chi connectivity index (χ3v) is 10.5. The lowest BCUT2D eigenvalue weighted by atomic mass is 10.1. The van der Waals surface area contributed by atoms with Crippen molar-refractivity contribution >= 4 is 11.9 Å². The molecule has 1 heterocycles. The minimum absolute atomic E-state index is 0.0688. The Bertz CT molecular complexity index is 1070. The second-order valence-corrected chi connectivity index (χ2v) is 16.2. The highest BCUT2D eigenvalue weighted by Gasteiger charge is 2.34. The molecule has 0 bridgehead atoms. The summed E-state index contributed by atoms with van der Waals surface area (Å²) in [4.78, 5) is 27.1. The Balaban J connectivity index is 1.69. The maximum atomic E-state index is 12.8. The first-order chi connectivity index (χ1) is 34.7. The van der Waals surface area contributed by atoms with Gasteiger partial charge in [-0.15, -0.1) is 0 Å². The quantitative estimate of drug-likeness (QED) is 0.0617. The van der Waals surface area contributed by atoms with Crippen LogP contribution in [-0.2, 0) is 90.1 Å². The second kappa shape index (κ2) is 56.6. The number of unbranched alkanes of at least 4 members (excludes halogenated alkanes) is 8. The first-order valence-electron chi connectivity index (χ1n) is 26.3. The maximum Gasteiger partial charge on any atom is 0.328 e. The SMILES string of the molecule is CCCCCCCCCCCC(=O)N1CCC[C@H]1C(=O)OCCOCCOCCOCCOCCOCCOCCOCCOCCOCCOCCOCCOCCOCCOCCOCCOC. The van der Waals surface area contributed by atoms with E-state index in [0.29, 0.717) is 218 Å².